The average Bonchev–Trinajstić information content (AvgIpc) is 2.70. The lowest BCUT2D eigenvalue weighted by atomic mass is 9.86. The Balaban J connectivity index is 3.09. The summed E-state index contributed by atoms with van der Waals surface area (Å²) in [6.45, 7) is 18.0. The predicted molar refractivity (Wildman–Crippen MR) is 87.2 cm³/mol. The maximum Gasteiger partial charge on any atom is 0.192 e. The van der Waals surface area contributed by atoms with Crippen molar-refractivity contribution in [1.29, 1.82) is 0 Å². The number of aliphatic hydroxyl groups is 1. The zero-order valence-electron chi connectivity index (χ0n) is 14.3. The van der Waals surface area contributed by atoms with Gasteiger partial charge in [0, 0.05) is 11.9 Å². The van der Waals surface area contributed by atoms with Crippen LogP contribution in [0.25, 0.3) is 0 Å². The number of H-pyrrole nitrogens is 1. The fraction of sp³-hybridized carbons (Fsp3) is 0.750. The Hall–Kier alpha value is -0.583. The van der Waals surface area contributed by atoms with Crippen molar-refractivity contribution in [3.63, 3.8) is 0 Å². The van der Waals surface area contributed by atoms with E-state index in [4.69, 9.17) is 4.43 Å². The first kappa shape index (κ1) is 17.5. The third kappa shape index (κ3) is 3.96. The highest BCUT2D eigenvalue weighted by molar-refractivity contribution is 6.74. The molecule has 1 aromatic heterocycles. The number of aromatic amines is 1. The van der Waals surface area contributed by atoms with Gasteiger partial charge in [0.25, 0.3) is 0 Å². The fourth-order valence-electron chi connectivity index (χ4n) is 1.92. The monoisotopic (exact) mass is 297 g/mol. The quantitative estimate of drug-likeness (QED) is 0.797. The maximum atomic E-state index is 9.23. The normalized spacial score (nSPS) is 15.4. The molecule has 0 saturated carbocycles. The molecule has 0 aromatic carbocycles. The molecule has 0 amide bonds. The van der Waals surface area contributed by atoms with Crippen LogP contribution in [0.3, 0.4) is 0 Å². The molecule has 0 spiro atoms. The number of aromatic nitrogens is 1. The van der Waals surface area contributed by atoms with Crippen molar-refractivity contribution in [2.75, 3.05) is 0 Å². The summed E-state index contributed by atoms with van der Waals surface area (Å²) in [6.07, 6.45) is 2.01. The highest BCUT2D eigenvalue weighted by Gasteiger charge is 2.42. The summed E-state index contributed by atoms with van der Waals surface area (Å²) in [5, 5.41) is 9.42. The molecule has 1 heterocycles. The van der Waals surface area contributed by atoms with Crippen molar-refractivity contribution in [3.05, 3.63) is 23.5 Å². The highest BCUT2D eigenvalue weighted by Crippen LogP contribution is 2.45. The molecule has 0 aliphatic carbocycles. The minimum atomic E-state index is -1.84. The topological polar surface area (TPSA) is 45.2 Å². The second-order valence-corrected chi connectivity index (χ2v) is 13.0. The molecule has 1 aromatic rings. The Kier molecular flexibility index (Phi) is 4.94. The largest absolute Gasteiger partial charge is 0.409 e. The van der Waals surface area contributed by atoms with E-state index in [2.05, 4.69) is 59.6 Å². The van der Waals surface area contributed by atoms with E-state index in [1.165, 1.54) is 0 Å². The van der Waals surface area contributed by atoms with Crippen LogP contribution in [0.2, 0.25) is 18.1 Å². The zero-order valence-corrected chi connectivity index (χ0v) is 15.3. The Morgan fingerprint density at radius 3 is 2.10 bits per heavy atom. The molecular formula is C16H31NO2Si. The molecule has 0 aliphatic rings. The first-order chi connectivity index (χ1) is 8.88. The van der Waals surface area contributed by atoms with Crippen LogP contribution >= 0.6 is 0 Å². The van der Waals surface area contributed by atoms with Gasteiger partial charge in [0.05, 0.1) is 12.7 Å². The van der Waals surface area contributed by atoms with E-state index >= 15 is 0 Å². The van der Waals surface area contributed by atoms with E-state index in [0.717, 1.165) is 11.3 Å². The molecule has 0 radical (unpaired) electrons. The average molecular weight is 298 g/mol. The summed E-state index contributed by atoms with van der Waals surface area (Å²) < 4.78 is 6.65. The molecule has 0 saturated heterocycles. The summed E-state index contributed by atoms with van der Waals surface area (Å²) >= 11 is 0. The minimum absolute atomic E-state index is 0.0183. The molecule has 116 valence electrons. The van der Waals surface area contributed by atoms with Crippen molar-refractivity contribution in [3.8, 4) is 0 Å². The Bertz CT molecular complexity index is 438. The predicted octanol–water partition coefficient (Wildman–Crippen LogP) is 4.62. The molecular weight excluding hydrogens is 266 g/mol. The third-order valence-electron chi connectivity index (χ3n) is 4.24. The second-order valence-electron chi connectivity index (χ2n) is 8.24. The summed E-state index contributed by atoms with van der Waals surface area (Å²) in [5.74, 6) is 0. The van der Waals surface area contributed by atoms with E-state index in [-0.39, 0.29) is 23.2 Å². The molecule has 0 bridgehead atoms. The SMILES string of the molecule is CC(C)(C)[C@H](O[Si](C)(C)C(C)(C)C)c1c[nH]c(CO)c1. The summed E-state index contributed by atoms with van der Waals surface area (Å²) in [4.78, 5) is 3.12. The summed E-state index contributed by atoms with van der Waals surface area (Å²) in [7, 11) is -1.84. The lowest BCUT2D eigenvalue weighted by Crippen LogP contribution is -2.44. The van der Waals surface area contributed by atoms with Gasteiger partial charge < -0.3 is 14.5 Å². The van der Waals surface area contributed by atoms with Crippen LogP contribution < -0.4 is 0 Å². The summed E-state index contributed by atoms with van der Waals surface area (Å²) in [5.41, 5.74) is 1.99. The summed E-state index contributed by atoms with van der Waals surface area (Å²) in [6, 6.07) is 2.02. The van der Waals surface area contributed by atoms with E-state index < -0.39 is 8.32 Å². The molecule has 20 heavy (non-hydrogen) atoms. The Labute approximate surface area is 124 Å². The molecule has 2 N–H and O–H groups in total. The van der Waals surface area contributed by atoms with Gasteiger partial charge in [-0.1, -0.05) is 41.5 Å². The van der Waals surface area contributed by atoms with Crippen LogP contribution in [0.4, 0.5) is 0 Å². The zero-order chi connectivity index (χ0) is 15.8. The Morgan fingerprint density at radius 1 is 1.20 bits per heavy atom. The first-order valence-electron chi connectivity index (χ1n) is 7.34. The number of rotatable bonds is 4. The molecule has 0 unspecified atom stereocenters. The van der Waals surface area contributed by atoms with Crippen LogP contribution in [-0.4, -0.2) is 18.4 Å². The number of nitrogens with one attached hydrogen (secondary N) is 1. The Morgan fingerprint density at radius 2 is 1.75 bits per heavy atom. The first-order valence-corrected chi connectivity index (χ1v) is 10.2. The number of hydrogen-bond donors (Lipinski definition) is 2. The molecule has 1 rings (SSSR count). The van der Waals surface area contributed by atoms with E-state index in [1.54, 1.807) is 0 Å². The lowest BCUT2D eigenvalue weighted by Gasteiger charge is -2.43. The molecule has 0 fully saturated rings. The third-order valence-corrected chi connectivity index (χ3v) is 8.68. The van der Waals surface area contributed by atoms with Crippen LogP contribution in [-0.2, 0) is 11.0 Å². The van der Waals surface area contributed by atoms with Crippen LogP contribution in [0.1, 0.15) is 58.9 Å². The van der Waals surface area contributed by atoms with Crippen molar-refractivity contribution in [1.82, 2.24) is 4.98 Å². The van der Waals surface area contributed by atoms with Crippen LogP contribution in [0.5, 0.6) is 0 Å². The van der Waals surface area contributed by atoms with Gasteiger partial charge in [0.2, 0.25) is 0 Å². The van der Waals surface area contributed by atoms with Crippen molar-refractivity contribution >= 4 is 8.32 Å². The van der Waals surface area contributed by atoms with Gasteiger partial charge in [-0.15, -0.1) is 0 Å². The fourth-order valence-corrected chi connectivity index (χ4v) is 3.35. The van der Waals surface area contributed by atoms with Crippen LogP contribution in [0.15, 0.2) is 12.3 Å². The smallest absolute Gasteiger partial charge is 0.192 e. The van der Waals surface area contributed by atoms with Gasteiger partial charge in [-0.05, 0) is 35.2 Å². The van der Waals surface area contributed by atoms with E-state index in [0.29, 0.717) is 0 Å². The molecule has 4 heteroatoms. The van der Waals surface area contributed by atoms with Gasteiger partial charge in [-0.25, -0.2) is 0 Å². The number of hydrogen-bond acceptors (Lipinski definition) is 2. The van der Waals surface area contributed by atoms with Gasteiger partial charge in [0.15, 0.2) is 8.32 Å². The maximum absolute atomic E-state index is 9.23. The highest BCUT2D eigenvalue weighted by atomic mass is 28.4. The second kappa shape index (κ2) is 5.66. The van der Waals surface area contributed by atoms with E-state index in [9.17, 15) is 5.11 Å². The van der Waals surface area contributed by atoms with Crippen molar-refractivity contribution in [2.45, 2.75) is 72.4 Å². The van der Waals surface area contributed by atoms with Crippen molar-refractivity contribution in [2.24, 2.45) is 5.41 Å². The van der Waals surface area contributed by atoms with Gasteiger partial charge in [0.1, 0.15) is 0 Å². The standard InChI is InChI=1S/C16H31NO2Si/c1-15(2,3)14(12-9-13(11-18)17-10-12)19-20(7,8)16(4,5)6/h9-10,14,17-18H,11H2,1-8H3/t14-/m1/s1. The molecule has 3 nitrogen and oxygen atoms in total. The van der Waals surface area contributed by atoms with E-state index in [1.807, 2.05) is 12.3 Å². The van der Waals surface area contributed by atoms with Gasteiger partial charge >= 0.3 is 0 Å². The van der Waals surface area contributed by atoms with Gasteiger partial charge in [-0.2, -0.15) is 0 Å². The minimum Gasteiger partial charge on any atom is -0.409 e. The van der Waals surface area contributed by atoms with Crippen molar-refractivity contribution < 1.29 is 9.53 Å². The number of aliphatic hydroxyl groups excluding tert-OH is 1. The molecule has 0 aliphatic heterocycles. The van der Waals surface area contributed by atoms with Crippen LogP contribution in [0, 0.1) is 5.41 Å². The molecule has 1 atom stereocenters. The van der Waals surface area contributed by atoms with Gasteiger partial charge in [-0.3, -0.25) is 0 Å². The lowest BCUT2D eigenvalue weighted by molar-refractivity contribution is 0.0727.